The topological polar surface area (TPSA) is 107 Å². The molecule has 1 aliphatic rings. The third-order valence-electron chi connectivity index (χ3n) is 6.37. The molecule has 0 amide bonds. The summed E-state index contributed by atoms with van der Waals surface area (Å²) in [6.07, 6.45) is 4.99. The molecule has 8 nitrogen and oxygen atoms in total. The summed E-state index contributed by atoms with van der Waals surface area (Å²) < 4.78 is 10.8. The van der Waals surface area contributed by atoms with Crippen LogP contribution in [0.4, 0.5) is 5.69 Å². The first-order valence-corrected chi connectivity index (χ1v) is 11.2. The Morgan fingerprint density at radius 1 is 1.24 bits per heavy atom. The van der Waals surface area contributed by atoms with Crippen LogP contribution in [0.2, 0.25) is 0 Å². The predicted molar refractivity (Wildman–Crippen MR) is 127 cm³/mol. The van der Waals surface area contributed by atoms with Crippen molar-refractivity contribution < 1.29 is 24.5 Å². The standard InChI is InChI=1S/C25H31N3O5/c1-32-12-10-26-20-13-16(25(30)31)6-7-18(20)21-5-3-4-11-28(21)15-19-17-8-9-27-24(17)22(29)14-23(19)33-2/h6-9,13-14,21,26-27,29H,3-5,10-12,15H2,1-2H3,(H,30,31). The number of likely N-dealkylation sites (tertiary alicyclic amines) is 1. The van der Waals surface area contributed by atoms with Crippen molar-refractivity contribution >= 4 is 22.6 Å². The van der Waals surface area contributed by atoms with Crippen molar-refractivity contribution in [1.82, 2.24) is 9.88 Å². The number of nitrogens with one attached hydrogen (secondary N) is 2. The number of carboxylic acid groups (broad SMARTS) is 1. The third kappa shape index (κ3) is 4.77. The molecule has 1 aromatic heterocycles. The van der Waals surface area contributed by atoms with Crippen LogP contribution in [-0.2, 0) is 11.3 Å². The monoisotopic (exact) mass is 453 g/mol. The summed E-state index contributed by atoms with van der Waals surface area (Å²) in [7, 11) is 3.26. The van der Waals surface area contributed by atoms with E-state index in [4.69, 9.17) is 9.47 Å². The number of hydrogen-bond acceptors (Lipinski definition) is 6. The van der Waals surface area contributed by atoms with Crippen LogP contribution < -0.4 is 10.1 Å². The zero-order valence-corrected chi connectivity index (χ0v) is 19.1. The van der Waals surface area contributed by atoms with Crippen LogP contribution in [0.25, 0.3) is 10.9 Å². The van der Waals surface area contributed by atoms with Gasteiger partial charge in [0.25, 0.3) is 0 Å². The summed E-state index contributed by atoms with van der Waals surface area (Å²) in [6.45, 7) is 2.69. The molecule has 33 heavy (non-hydrogen) atoms. The summed E-state index contributed by atoms with van der Waals surface area (Å²) in [6, 6.07) is 9.07. The average Bonchev–Trinajstić information content (AvgIpc) is 3.32. The molecule has 1 aliphatic heterocycles. The van der Waals surface area contributed by atoms with Crippen molar-refractivity contribution in [3.05, 3.63) is 53.2 Å². The molecule has 1 saturated heterocycles. The molecule has 2 aromatic carbocycles. The second-order valence-electron chi connectivity index (χ2n) is 8.35. The highest BCUT2D eigenvalue weighted by atomic mass is 16.5. The predicted octanol–water partition coefficient (Wildman–Crippen LogP) is 4.37. The molecular weight excluding hydrogens is 422 g/mol. The van der Waals surface area contributed by atoms with E-state index in [1.54, 1.807) is 32.4 Å². The van der Waals surface area contributed by atoms with Gasteiger partial charge in [0.15, 0.2) is 0 Å². The number of fused-ring (bicyclic) bond motifs is 1. The van der Waals surface area contributed by atoms with Crippen LogP contribution in [0.3, 0.4) is 0 Å². The number of H-pyrrole nitrogens is 1. The van der Waals surface area contributed by atoms with Gasteiger partial charge in [0, 0.05) is 55.1 Å². The highest BCUT2D eigenvalue weighted by Crippen LogP contribution is 2.40. The Balaban J connectivity index is 1.70. The first-order chi connectivity index (χ1) is 16.0. The molecule has 176 valence electrons. The summed E-state index contributed by atoms with van der Waals surface area (Å²) in [5.41, 5.74) is 3.89. The van der Waals surface area contributed by atoms with E-state index < -0.39 is 5.97 Å². The van der Waals surface area contributed by atoms with Crippen molar-refractivity contribution in [1.29, 1.82) is 0 Å². The highest BCUT2D eigenvalue weighted by Gasteiger charge is 2.28. The molecular formula is C25H31N3O5. The largest absolute Gasteiger partial charge is 0.506 e. The molecule has 1 fully saturated rings. The molecule has 0 radical (unpaired) electrons. The van der Waals surface area contributed by atoms with Gasteiger partial charge in [-0.3, -0.25) is 4.90 Å². The molecule has 2 heterocycles. The Morgan fingerprint density at radius 2 is 2.09 bits per heavy atom. The molecule has 1 atom stereocenters. The summed E-state index contributed by atoms with van der Waals surface area (Å²) in [5.74, 6) is -0.121. The number of aromatic nitrogens is 1. The maximum Gasteiger partial charge on any atom is 0.335 e. The number of aromatic carboxylic acids is 1. The lowest BCUT2D eigenvalue weighted by atomic mass is 9.92. The average molecular weight is 454 g/mol. The van der Waals surface area contributed by atoms with Crippen LogP contribution >= 0.6 is 0 Å². The fourth-order valence-electron chi connectivity index (χ4n) is 4.75. The van der Waals surface area contributed by atoms with E-state index in [9.17, 15) is 15.0 Å². The number of piperidine rings is 1. The number of hydrogen-bond donors (Lipinski definition) is 4. The van der Waals surface area contributed by atoms with Gasteiger partial charge < -0.3 is 30.0 Å². The summed E-state index contributed by atoms with van der Waals surface area (Å²) in [4.78, 5) is 17.1. The number of phenolic OH excluding ortho intramolecular Hbond substituents is 1. The number of phenols is 1. The lowest BCUT2D eigenvalue weighted by Gasteiger charge is -2.37. The lowest BCUT2D eigenvalue weighted by molar-refractivity contribution is 0.0696. The van der Waals surface area contributed by atoms with Crippen molar-refractivity contribution in [3.8, 4) is 11.5 Å². The molecule has 0 spiro atoms. The van der Waals surface area contributed by atoms with E-state index in [-0.39, 0.29) is 17.4 Å². The normalized spacial score (nSPS) is 16.7. The number of aromatic hydroxyl groups is 1. The van der Waals surface area contributed by atoms with Gasteiger partial charge >= 0.3 is 5.97 Å². The van der Waals surface area contributed by atoms with Crippen molar-refractivity contribution in [2.24, 2.45) is 0 Å². The smallest absolute Gasteiger partial charge is 0.335 e. The van der Waals surface area contributed by atoms with Crippen LogP contribution in [-0.4, -0.2) is 60.0 Å². The molecule has 3 aromatic rings. The first kappa shape index (κ1) is 22.9. The maximum absolute atomic E-state index is 11.6. The van der Waals surface area contributed by atoms with Crippen molar-refractivity contribution in [3.63, 3.8) is 0 Å². The van der Waals surface area contributed by atoms with Gasteiger partial charge in [-0.1, -0.05) is 12.5 Å². The minimum Gasteiger partial charge on any atom is -0.506 e. The number of methoxy groups -OCH3 is 2. The van der Waals surface area contributed by atoms with E-state index in [1.807, 2.05) is 18.3 Å². The quantitative estimate of drug-likeness (QED) is 0.357. The van der Waals surface area contributed by atoms with Crippen LogP contribution in [0.5, 0.6) is 11.5 Å². The van der Waals surface area contributed by atoms with Gasteiger partial charge in [-0.2, -0.15) is 0 Å². The number of carboxylic acids is 1. The van der Waals surface area contributed by atoms with Gasteiger partial charge in [-0.25, -0.2) is 4.79 Å². The summed E-state index contributed by atoms with van der Waals surface area (Å²) in [5, 5.41) is 24.1. The number of benzene rings is 2. The fourth-order valence-corrected chi connectivity index (χ4v) is 4.75. The molecule has 0 saturated carbocycles. The Hall–Kier alpha value is -3.23. The molecule has 8 heteroatoms. The minimum atomic E-state index is -0.944. The summed E-state index contributed by atoms with van der Waals surface area (Å²) >= 11 is 0. The maximum atomic E-state index is 11.6. The highest BCUT2D eigenvalue weighted by molar-refractivity contribution is 5.90. The van der Waals surface area contributed by atoms with Gasteiger partial charge in [-0.05, 0) is 43.1 Å². The molecule has 1 unspecified atom stereocenters. The molecule has 0 bridgehead atoms. The van der Waals surface area contributed by atoms with Crippen LogP contribution in [0.1, 0.15) is 46.8 Å². The number of rotatable bonds is 9. The van der Waals surface area contributed by atoms with Gasteiger partial charge in [0.05, 0.1) is 24.8 Å². The zero-order valence-electron chi connectivity index (χ0n) is 19.1. The van der Waals surface area contributed by atoms with E-state index in [2.05, 4.69) is 15.2 Å². The number of ether oxygens (including phenoxy) is 2. The number of anilines is 1. The number of nitrogens with zero attached hydrogens (tertiary/aromatic N) is 1. The van der Waals surface area contributed by atoms with Crippen LogP contribution in [0.15, 0.2) is 36.5 Å². The van der Waals surface area contributed by atoms with E-state index in [0.29, 0.717) is 31.0 Å². The first-order valence-electron chi connectivity index (χ1n) is 11.2. The van der Waals surface area contributed by atoms with E-state index >= 15 is 0 Å². The Kier molecular flexibility index (Phi) is 7.05. The second-order valence-corrected chi connectivity index (χ2v) is 8.35. The Bertz CT molecular complexity index is 1130. The SMILES string of the molecule is COCCNc1cc(C(=O)O)ccc1C1CCCCN1Cc1c(OC)cc(O)c2[nH]ccc12. The third-order valence-corrected chi connectivity index (χ3v) is 6.37. The van der Waals surface area contributed by atoms with Crippen molar-refractivity contribution in [2.75, 3.05) is 39.2 Å². The molecule has 0 aliphatic carbocycles. The zero-order chi connectivity index (χ0) is 23.4. The molecule has 4 rings (SSSR count). The second kappa shape index (κ2) is 10.1. The Labute approximate surface area is 193 Å². The number of aromatic amines is 1. The lowest BCUT2D eigenvalue weighted by Crippen LogP contribution is -2.33. The molecule has 4 N–H and O–H groups in total. The Morgan fingerprint density at radius 3 is 2.85 bits per heavy atom. The minimum absolute atomic E-state index is 0.124. The fraction of sp³-hybridized carbons (Fsp3) is 0.400. The van der Waals surface area contributed by atoms with Gasteiger partial charge in [0.1, 0.15) is 11.5 Å². The van der Waals surface area contributed by atoms with Crippen molar-refractivity contribution in [2.45, 2.75) is 31.8 Å². The van der Waals surface area contributed by atoms with Crippen LogP contribution in [0, 0.1) is 0 Å². The van der Waals surface area contributed by atoms with E-state index in [1.165, 1.54) is 0 Å². The number of carbonyl (C=O) groups is 1. The van der Waals surface area contributed by atoms with Gasteiger partial charge in [0.2, 0.25) is 0 Å². The van der Waals surface area contributed by atoms with E-state index in [0.717, 1.165) is 48.0 Å². The van der Waals surface area contributed by atoms with Gasteiger partial charge in [-0.15, -0.1) is 0 Å².